The lowest BCUT2D eigenvalue weighted by atomic mass is 9.96. The van der Waals surface area contributed by atoms with Crippen LogP contribution in [0.2, 0.25) is 0 Å². The number of allylic oxidation sites excluding steroid dienone is 1. The van der Waals surface area contributed by atoms with Crippen LogP contribution in [0.3, 0.4) is 0 Å². The van der Waals surface area contributed by atoms with Gasteiger partial charge in [0.2, 0.25) is 11.5 Å². The predicted octanol–water partition coefficient (Wildman–Crippen LogP) is 11.3. The molecule has 2 amide bonds. The van der Waals surface area contributed by atoms with Gasteiger partial charge in [-0.05, 0) is 71.6 Å². The number of carbonyl (C=O) groups is 2. The summed E-state index contributed by atoms with van der Waals surface area (Å²) >= 11 is 0. The molecule has 2 atom stereocenters. The number of anilines is 1. The van der Waals surface area contributed by atoms with Crippen LogP contribution < -0.4 is 9.64 Å². The SMILES string of the molecule is C=CCCC(OCc1ccccc1)(c1nnc(-c2nc(O[C@@H](CC=C)COCc3ccccc3)c(C(F)(F)F)cc2N(C(=O)OC(C)(C)C)C(=O)OC(C)(C)C)o1)C(F)(F)F. The van der Waals surface area contributed by atoms with Crippen molar-refractivity contribution in [1.29, 1.82) is 0 Å². The highest BCUT2D eigenvalue weighted by atomic mass is 19.4. The van der Waals surface area contributed by atoms with Gasteiger partial charge in [-0.25, -0.2) is 14.6 Å². The molecule has 0 aliphatic carbocycles. The first kappa shape index (κ1) is 47.9. The van der Waals surface area contributed by atoms with Crippen LogP contribution >= 0.6 is 0 Å². The van der Waals surface area contributed by atoms with E-state index in [1.807, 2.05) is 0 Å². The van der Waals surface area contributed by atoms with Crippen molar-refractivity contribution in [3.05, 3.63) is 115 Å². The largest absolute Gasteiger partial charge is 0.471 e. The van der Waals surface area contributed by atoms with Crippen molar-refractivity contribution >= 4 is 17.9 Å². The molecule has 0 saturated heterocycles. The maximum absolute atomic E-state index is 15.3. The third-order valence-electron chi connectivity index (χ3n) is 8.25. The van der Waals surface area contributed by atoms with Gasteiger partial charge in [0.1, 0.15) is 22.9 Å². The Kier molecular flexibility index (Phi) is 15.5. The zero-order valence-electron chi connectivity index (χ0n) is 34.6. The quantitative estimate of drug-likeness (QED) is 0.0741. The Hall–Kier alpha value is -5.75. The summed E-state index contributed by atoms with van der Waals surface area (Å²) in [6.45, 7) is 14.9. The van der Waals surface area contributed by atoms with E-state index in [1.54, 1.807) is 48.5 Å². The first-order chi connectivity index (χ1) is 28.5. The van der Waals surface area contributed by atoms with E-state index in [0.717, 1.165) is 5.56 Å². The van der Waals surface area contributed by atoms with E-state index in [1.165, 1.54) is 65.8 Å². The smallest absolute Gasteiger partial charge is 0.426 e. The van der Waals surface area contributed by atoms with Crippen molar-refractivity contribution in [3.63, 3.8) is 0 Å². The molecule has 4 rings (SSSR count). The molecule has 0 saturated carbocycles. The normalized spacial score (nSPS) is 13.8. The maximum Gasteiger partial charge on any atom is 0.426 e. The Balaban J connectivity index is 1.99. The minimum atomic E-state index is -5.28. The zero-order valence-corrected chi connectivity index (χ0v) is 34.6. The average Bonchev–Trinajstić information content (AvgIpc) is 3.64. The van der Waals surface area contributed by atoms with Gasteiger partial charge in [-0.3, -0.25) is 0 Å². The van der Waals surface area contributed by atoms with E-state index in [4.69, 9.17) is 28.1 Å². The topological polar surface area (TPSA) is 135 Å². The highest BCUT2D eigenvalue weighted by molar-refractivity contribution is 6.11. The summed E-state index contributed by atoms with van der Waals surface area (Å²) in [6, 6.07) is 17.1. The lowest BCUT2D eigenvalue weighted by Gasteiger charge is -2.32. The number of hydrogen-bond acceptors (Lipinski definition) is 11. The number of carbonyl (C=O) groups excluding carboxylic acids is 2. The monoisotopic (exact) mass is 862 g/mol. The van der Waals surface area contributed by atoms with Crippen LogP contribution in [-0.4, -0.2) is 57.5 Å². The molecular weight excluding hydrogens is 814 g/mol. The lowest BCUT2D eigenvalue weighted by Crippen LogP contribution is -2.45. The fourth-order valence-electron chi connectivity index (χ4n) is 5.52. The molecule has 0 spiro atoms. The molecule has 4 aromatic rings. The molecule has 1 unspecified atom stereocenters. The number of amides is 2. The van der Waals surface area contributed by atoms with E-state index in [2.05, 4.69) is 28.3 Å². The molecule has 2 aromatic heterocycles. The van der Waals surface area contributed by atoms with Crippen molar-refractivity contribution in [2.45, 2.75) is 109 Å². The highest BCUT2D eigenvalue weighted by Crippen LogP contribution is 2.48. The number of pyridine rings is 1. The molecule has 0 fully saturated rings. The lowest BCUT2D eigenvalue weighted by molar-refractivity contribution is -0.299. The molecule has 18 heteroatoms. The van der Waals surface area contributed by atoms with Gasteiger partial charge in [0.05, 0.1) is 25.5 Å². The number of ether oxygens (including phenoxy) is 5. The molecule has 0 N–H and O–H groups in total. The second-order valence-corrected chi connectivity index (χ2v) is 15.6. The van der Waals surface area contributed by atoms with Gasteiger partial charge in [0.25, 0.3) is 11.8 Å². The fraction of sp³-hybridized carbons (Fsp3) is 0.419. The minimum Gasteiger partial charge on any atom is -0.471 e. The number of nitrogens with zero attached hydrogens (tertiary/aromatic N) is 4. The van der Waals surface area contributed by atoms with Crippen LogP contribution in [0, 0.1) is 0 Å². The zero-order chi connectivity index (χ0) is 45.2. The van der Waals surface area contributed by atoms with Crippen LogP contribution in [-0.2, 0) is 43.9 Å². The number of benzene rings is 2. The first-order valence-corrected chi connectivity index (χ1v) is 19.0. The maximum atomic E-state index is 15.3. The Labute approximate surface area is 349 Å². The van der Waals surface area contributed by atoms with E-state index in [0.29, 0.717) is 11.6 Å². The van der Waals surface area contributed by atoms with Crippen LogP contribution in [0.5, 0.6) is 5.88 Å². The molecule has 0 bridgehead atoms. The minimum absolute atomic E-state index is 0.0617. The number of hydrogen-bond donors (Lipinski definition) is 0. The standard InChI is InChI=1S/C43H48F6N4O8/c1-9-11-23-41(43(47,48)49,57-26-29-21-16-13-17-22-29)36-52-51-35(59-36)33-32(53(37(54)60-39(3,4)5)38(55)61-40(6,7)8)24-31(42(44,45)46)34(50-33)58-30(18-10-2)27-56-25-28-19-14-12-15-20-28/h9-10,12-17,19-22,24,30H,1-2,11,18,23,25-27H2,3-8H3/t30-,41?/m0/s1. The second-order valence-electron chi connectivity index (χ2n) is 15.6. The number of rotatable bonds is 17. The summed E-state index contributed by atoms with van der Waals surface area (Å²) < 4.78 is 125. The summed E-state index contributed by atoms with van der Waals surface area (Å²) in [5.74, 6) is -3.26. The van der Waals surface area contributed by atoms with Crippen molar-refractivity contribution in [2.75, 3.05) is 11.5 Å². The Morgan fingerprint density at radius 3 is 1.85 bits per heavy atom. The third kappa shape index (κ3) is 13.1. The molecule has 0 aliphatic heterocycles. The van der Waals surface area contributed by atoms with Gasteiger partial charge in [0, 0.05) is 6.42 Å². The predicted molar refractivity (Wildman–Crippen MR) is 211 cm³/mol. The third-order valence-corrected chi connectivity index (χ3v) is 8.25. The van der Waals surface area contributed by atoms with E-state index in [9.17, 15) is 9.59 Å². The number of halogens is 6. The fourth-order valence-corrected chi connectivity index (χ4v) is 5.52. The molecule has 61 heavy (non-hydrogen) atoms. The molecular formula is C43H48F6N4O8. The Morgan fingerprint density at radius 2 is 1.36 bits per heavy atom. The highest BCUT2D eigenvalue weighted by Gasteiger charge is 2.61. The summed E-state index contributed by atoms with van der Waals surface area (Å²) in [5.41, 5.74) is -8.34. The van der Waals surface area contributed by atoms with Crippen molar-refractivity contribution in [3.8, 4) is 17.5 Å². The first-order valence-electron chi connectivity index (χ1n) is 19.0. The number of imide groups is 1. The van der Waals surface area contributed by atoms with Gasteiger partial charge in [0.15, 0.2) is 5.69 Å². The summed E-state index contributed by atoms with van der Waals surface area (Å²) in [4.78, 5) is 31.8. The van der Waals surface area contributed by atoms with Crippen LogP contribution in [0.4, 0.5) is 41.6 Å². The van der Waals surface area contributed by atoms with Crippen LogP contribution in [0.1, 0.15) is 83.4 Å². The van der Waals surface area contributed by atoms with Gasteiger partial charge >= 0.3 is 24.5 Å². The summed E-state index contributed by atoms with van der Waals surface area (Å²) in [6.07, 6.45) is -13.3. The number of aromatic nitrogens is 3. The molecule has 2 aromatic carbocycles. The summed E-state index contributed by atoms with van der Waals surface area (Å²) in [7, 11) is 0. The van der Waals surface area contributed by atoms with E-state index >= 15 is 26.3 Å². The summed E-state index contributed by atoms with van der Waals surface area (Å²) in [5, 5.41) is 7.46. The van der Waals surface area contributed by atoms with Gasteiger partial charge in [-0.1, -0.05) is 72.8 Å². The Morgan fingerprint density at radius 1 is 0.803 bits per heavy atom. The molecule has 0 radical (unpaired) electrons. The van der Waals surface area contributed by atoms with Gasteiger partial charge in [-0.2, -0.15) is 31.2 Å². The second kappa shape index (κ2) is 19.8. The van der Waals surface area contributed by atoms with Crippen molar-refractivity contribution in [2.24, 2.45) is 0 Å². The van der Waals surface area contributed by atoms with Crippen LogP contribution in [0.15, 0.2) is 96.5 Å². The molecule has 12 nitrogen and oxygen atoms in total. The molecule has 2 heterocycles. The van der Waals surface area contributed by atoms with Crippen molar-refractivity contribution < 1.29 is 64.0 Å². The Bertz CT molecular complexity index is 2070. The van der Waals surface area contributed by atoms with Gasteiger partial charge in [-0.15, -0.1) is 23.4 Å². The molecule has 330 valence electrons. The average molecular weight is 863 g/mol. The molecule has 0 aliphatic rings. The number of alkyl halides is 6. The van der Waals surface area contributed by atoms with Crippen LogP contribution in [0.25, 0.3) is 11.6 Å². The van der Waals surface area contributed by atoms with E-state index in [-0.39, 0.29) is 31.0 Å². The van der Waals surface area contributed by atoms with E-state index < -0.39 is 95.1 Å². The van der Waals surface area contributed by atoms with Crippen molar-refractivity contribution in [1.82, 2.24) is 15.2 Å². The van der Waals surface area contributed by atoms with Gasteiger partial charge < -0.3 is 28.1 Å².